The van der Waals surface area contributed by atoms with E-state index in [0.29, 0.717) is 29.4 Å². The van der Waals surface area contributed by atoms with Gasteiger partial charge in [0.15, 0.2) is 0 Å². The highest BCUT2D eigenvalue weighted by molar-refractivity contribution is 6.04. The summed E-state index contributed by atoms with van der Waals surface area (Å²) in [6.07, 6.45) is 7.25. The van der Waals surface area contributed by atoms with Gasteiger partial charge in [-0.25, -0.2) is 4.98 Å². The number of amides is 1. The van der Waals surface area contributed by atoms with E-state index < -0.39 is 5.60 Å². The largest absolute Gasteiger partial charge is 0.494 e. The Kier molecular flexibility index (Phi) is 9.37. The zero-order chi connectivity index (χ0) is 21.8. The summed E-state index contributed by atoms with van der Waals surface area (Å²) >= 11 is 0. The monoisotopic (exact) mass is 408 g/mol. The molecule has 2 aromatic rings. The summed E-state index contributed by atoms with van der Waals surface area (Å²) in [6.45, 7) is 6.08. The molecule has 1 amide bonds. The molecule has 1 aromatic carbocycles. The molecule has 0 aliphatic heterocycles. The number of aromatic nitrogens is 1. The van der Waals surface area contributed by atoms with Crippen LogP contribution in [0, 0.1) is 11.8 Å². The van der Waals surface area contributed by atoms with Crippen LogP contribution in [0.1, 0.15) is 75.3 Å². The number of pyridine rings is 1. The average molecular weight is 409 g/mol. The van der Waals surface area contributed by atoms with Crippen molar-refractivity contribution in [2.24, 2.45) is 0 Å². The lowest BCUT2D eigenvalue weighted by molar-refractivity contribution is 0.102. The topological polar surface area (TPSA) is 71.5 Å². The number of nitrogens with one attached hydrogen (secondary N) is 1. The standard InChI is InChI=1S/C25H32N2O3/c1-4-5-6-7-8-9-18-30-22-14-10-12-20(19-22)24(28)27-23-15-11-13-21(26-23)16-17-25(2,3)29/h10-15,19,29H,4-9,18H2,1-3H3,(H,26,27,28). The molecular formula is C25H32N2O3. The molecule has 2 N–H and O–H groups in total. The average Bonchev–Trinajstić information content (AvgIpc) is 2.71. The molecule has 0 unspecified atom stereocenters. The van der Waals surface area contributed by atoms with Gasteiger partial charge in [0.2, 0.25) is 0 Å². The second kappa shape index (κ2) is 12.0. The van der Waals surface area contributed by atoms with Gasteiger partial charge >= 0.3 is 0 Å². The second-order valence-electron chi connectivity index (χ2n) is 7.82. The Morgan fingerprint density at radius 3 is 2.60 bits per heavy atom. The van der Waals surface area contributed by atoms with E-state index in [2.05, 4.69) is 29.1 Å². The number of nitrogens with zero attached hydrogens (tertiary/aromatic N) is 1. The number of carbonyl (C=O) groups excluding carboxylic acids is 1. The second-order valence-corrected chi connectivity index (χ2v) is 7.82. The fraction of sp³-hybridized carbons (Fsp3) is 0.440. The highest BCUT2D eigenvalue weighted by Crippen LogP contribution is 2.16. The molecule has 2 rings (SSSR count). The third kappa shape index (κ3) is 9.11. The van der Waals surface area contributed by atoms with Crippen LogP contribution in [-0.4, -0.2) is 28.2 Å². The molecule has 0 saturated heterocycles. The van der Waals surface area contributed by atoms with Crippen molar-refractivity contribution >= 4 is 11.7 Å². The maximum absolute atomic E-state index is 12.6. The summed E-state index contributed by atoms with van der Waals surface area (Å²) in [4.78, 5) is 16.9. The van der Waals surface area contributed by atoms with Crippen LogP contribution in [0.4, 0.5) is 5.82 Å². The van der Waals surface area contributed by atoms with E-state index >= 15 is 0 Å². The Morgan fingerprint density at radius 2 is 1.83 bits per heavy atom. The predicted molar refractivity (Wildman–Crippen MR) is 121 cm³/mol. The van der Waals surface area contributed by atoms with E-state index in [1.54, 1.807) is 44.2 Å². The molecule has 0 atom stereocenters. The molecule has 0 radical (unpaired) electrons. The van der Waals surface area contributed by atoms with Gasteiger partial charge < -0.3 is 15.2 Å². The summed E-state index contributed by atoms with van der Waals surface area (Å²) in [5.41, 5.74) is -0.118. The van der Waals surface area contributed by atoms with Crippen LogP contribution in [0.25, 0.3) is 0 Å². The third-order valence-electron chi connectivity index (χ3n) is 4.35. The highest BCUT2D eigenvalue weighted by Gasteiger charge is 2.09. The molecule has 30 heavy (non-hydrogen) atoms. The highest BCUT2D eigenvalue weighted by atomic mass is 16.5. The molecule has 0 spiro atoms. The van der Waals surface area contributed by atoms with E-state index in [0.717, 1.165) is 6.42 Å². The number of hydrogen-bond acceptors (Lipinski definition) is 4. The van der Waals surface area contributed by atoms with E-state index in [9.17, 15) is 9.90 Å². The number of ether oxygens (including phenoxy) is 1. The van der Waals surface area contributed by atoms with Crippen LogP contribution < -0.4 is 10.1 Å². The van der Waals surface area contributed by atoms with Gasteiger partial charge in [-0.15, -0.1) is 0 Å². The van der Waals surface area contributed by atoms with E-state index in [4.69, 9.17) is 4.74 Å². The Balaban J connectivity index is 1.90. The first kappa shape index (κ1) is 23.4. The van der Waals surface area contributed by atoms with Gasteiger partial charge in [0.05, 0.1) is 6.61 Å². The minimum Gasteiger partial charge on any atom is -0.494 e. The van der Waals surface area contributed by atoms with Crippen LogP contribution in [0.3, 0.4) is 0 Å². The Hall–Kier alpha value is -2.84. The number of carbonyl (C=O) groups is 1. The summed E-state index contributed by atoms with van der Waals surface area (Å²) < 4.78 is 5.80. The Morgan fingerprint density at radius 1 is 1.10 bits per heavy atom. The first-order valence-electron chi connectivity index (χ1n) is 10.6. The fourth-order valence-electron chi connectivity index (χ4n) is 2.78. The number of unbranched alkanes of at least 4 members (excludes halogenated alkanes) is 5. The van der Waals surface area contributed by atoms with Crippen molar-refractivity contribution in [3.63, 3.8) is 0 Å². The molecule has 0 bridgehead atoms. The molecule has 160 valence electrons. The van der Waals surface area contributed by atoms with Gasteiger partial charge in [-0.2, -0.15) is 0 Å². The van der Waals surface area contributed by atoms with Gasteiger partial charge in [0.1, 0.15) is 22.9 Å². The molecular weight excluding hydrogens is 376 g/mol. The maximum atomic E-state index is 12.6. The SMILES string of the molecule is CCCCCCCCOc1cccc(C(=O)Nc2cccc(C#CC(C)(C)O)n2)c1. The van der Waals surface area contributed by atoms with E-state index in [1.165, 1.54) is 32.1 Å². The maximum Gasteiger partial charge on any atom is 0.256 e. The van der Waals surface area contributed by atoms with Gasteiger partial charge in [-0.05, 0) is 56.5 Å². The van der Waals surface area contributed by atoms with Crippen LogP contribution in [0.2, 0.25) is 0 Å². The van der Waals surface area contributed by atoms with Crippen LogP contribution in [0.5, 0.6) is 5.75 Å². The Labute approximate surface area is 179 Å². The van der Waals surface area contributed by atoms with Crippen LogP contribution in [-0.2, 0) is 0 Å². The third-order valence-corrected chi connectivity index (χ3v) is 4.35. The van der Waals surface area contributed by atoms with Crippen molar-refractivity contribution in [3.05, 3.63) is 53.7 Å². The summed E-state index contributed by atoms with van der Waals surface area (Å²) in [7, 11) is 0. The first-order valence-corrected chi connectivity index (χ1v) is 10.6. The van der Waals surface area contributed by atoms with Crippen molar-refractivity contribution in [1.82, 2.24) is 4.98 Å². The van der Waals surface area contributed by atoms with Crippen molar-refractivity contribution in [1.29, 1.82) is 0 Å². The van der Waals surface area contributed by atoms with Crippen molar-refractivity contribution in [2.75, 3.05) is 11.9 Å². The minimum absolute atomic E-state index is 0.264. The zero-order valence-electron chi connectivity index (χ0n) is 18.2. The summed E-state index contributed by atoms with van der Waals surface area (Å²) in [6, 6.07) is 12.3. The minimum atomic E-state index is -1.10. The Bertz CT molecular complexity index is 876. The number of benzene rings is 1. The van der Waals surface area contributed by atoms with Gasteiger partial charge in [-0.3, -0.25) is 4.79 Å². The lowest BCUT2D eigenvalue weighted by Crippen LogP contribution is -2.15. The number of hydrogen-bond donors (Lipinski definition) is 2. The quantitative estimate of drug-likeness (QED) is 0.419. The van der Waals surface area contributed by atoms with E-state index in [-0.39, 0.29) is 5.91 Å². The summed E-state index contributed by atoms with van der Waals surface area (Å²) in [5, 5.41) is 12.5. The lowest BCUT2D eigenvalue weighted by Gasteiger charge is -2.09. The number of aliphatic hydroxyl groups is 1. The van der Waals surface area contributed by atoms with Gasteiger partial charge in [0, 0.05) is 5.56 Å². The van der Waals surface area contributed by atoms with Crippen molar-refractivity contribution in [2.45, 2.75) is 64.9 Å². The molecule has 0 saturated carbocycles. The molecule has 0 aliphatic carbocycles. The molecule has 5 nitrogen and oxygen atoms in total. The fourth-order valence-corrected chi connectivity index (χ4v) is 2.78. The van der Waals surface area contributed by atoms with Crippen molar-refractivity contribution in [3.8, 4) is 17.6 Å². The summed E-state index contributed by atoms with van der Waals surface area (Å²) in [5.74, 6) is 6.35. The van der Waals surface area contributed by atoms with Crippen LogP contribution >= 0.6 is 0 Å². The van der Waals surface area contributed by atoms with Crippen molar-refractivity contribution < 1.29 is 14.6 Å². The van der Waals surface area contributed by atoms with Crippen LogP contribution in [0.15, 0.2) is 42.5 Å². The normalized spacial score (nSPS) is 10.8. The zero-order valence-corrected chi connectivity index (χ0v) is 18.2. The van der Waals surface area contributed by atoms with Gasteiger partial charge in [-0.1, -0.05) is 57.1 Å². The van der Waals surface area contributed by atoms with Gasteiger partial charge in [0.25, 0.3) is 5.91 Å². The number of anilines is 1. The molecule has 5 heteroatoms. The molecule has 1 aromatic heterocycles. The number of rotatable bonds is 10. The predicted octanol–water partition coefficient (Wildman–Crippen LogP) is 5.20. The molecule has 1 heterocycles. The lowest BCUT2D eigenvalue weighted by atomic mass is 10.1. The first-order chi connectivity index (χ1) is 14.4. The smallest absolute Gasteiger partial charge is 0.256 e. The molecule has 0 aliphatic rings. The van der Waals surface area contributed by atoms with E-state index in [1.807, 2.05) is 12.1 Å². The molecule has 0 fully saturated rings.